The summed E-state index contributed by atoms with van der Waals surface area (Å²) in [6.45, 7) is 1.67. The molecule has 1 aromatic carbocycles. The number of furan rings is 1. The molecule has 2 heterocycles. The summed E-state index contributed by atoms with van der Waals surface area (Å²) >= 11 is 7.79. The fourth-order valence-electron chi connectivity index (χ4n) is 2.14. The minimum absolute atomic E-state index is 0.367. The van der Waals surface area contributed by atoms with Crippen molar-refractivity contribution >= 4 is 50.9 Å². The van der Waals surface area contributed by atoms with Crippen LogP contribution < -0.4 is 10.9 Å². The number of amides is 2. The van der Waals surface area contributed by atoms with Crippen LogP contribution in [0, 0.1) is 6.92 Å². The number of carbonyl (C=O) groups is 2. The van der Waals surface area contributed by atoms with Gasteiger partial charge >= 0.3 is 0 Å². The van der Waals surface area contributed by atoms with Gasteiger partial charge in [-0.05, 0) is 25.1 Å². The molecule has 2 amide bonds. The number of halogens is 1. The van der Waals surface area contributed by atoms with E-state index in [-0.39, 0.29) is 0 Å². The van der Waals surface area contributed by atoms with Crippen molar-refractivity contribution in [1.82, 2.24) is 10.9 Å². The van der Waals surface area contributed by atoms with Crippen molar-refractivity contribution in [2.75, 3.05) is 0 Å². The first-order chi connectivity index (χ1) is 11.6. The molecule has 0 radical (unpaired) electrons. The maximum absolute atomic E-state index is 11.8. The lowest BCUT2D eigenvalue weighted by Crippen LogP contribution is -2.40. The third kappa shape index (κ3) is 3.34. The molecule has 24 heavy (non-hydrogen) atoms. The van der Waals surface area contributed by atoms with Crippen LogP contribution in [-0.4, -0.2) is 11.8 Å². The third-order valence-electron chi connectivity index (χ3n) is 3.35. The Morgan fingerprint density at radius 1 is 1.21 bits per heavy atom. The van der Waals surface area contributed by atoms with E-state index in [0.29, 0.717) is 16.3 Å². The highest BCUT2D eigenvalue weighted by Gasteiger charge is 2.11. The predicted octanol–water partition coefficient (Wildman–Crippen LogP) is 3.93. The number of rotatable bonds is 3. The predicted molar refractivity (Wildman–Crippen MR) is 94.9 cm³/mol. The van der Waals surface area contributed by atoms with Gasteiger partial charge in [-0.1, -0.05) is 29.8 Å². The van der Waals surface area contributed by atoms with E-state index in [0.717, 1.165) is 15.0 Å². The Morgan fingerprint density at radius 2 is 2.00 bits per heavy atom. The van der Waals surface area contributed by atoms with Crippen molar-refractivity contribution in [1.29, 1.82) is 0 Å². The molecule has 7 heteroatoms. The standard InChI is InChI=1S/C17H13ClN2O3S/c1-10-11(8-9-23-10)17(22)20-19-15(21)7-6-14-16(18)12-4-2-3-5-13(12)24-14/h2-9H,1H3,(H,19,21)(H,20,22)/b7-6+. The quantitative estimate of drug-likeness (QED) is 0.549. The number of carbonyl (C=O) groups excluding carboxylic acids is 2. The molecule has 122 valence electrons. The normalized spacial score (nSPS) is 11.1. The zero-order valence-electron chi connectivity index (χ0n) is 12.6. The minimum atomic E-state index is -0.460. The first kappa shape index (κ1) is 16.3. The lowest BCUT2D eigenvalue weighted by Gasteiger charge is -2.03. The second-order valence-corrected chi connectivity index (χ2v) is 6.41. The number of benzene rings is 1. The molecule has 0 unspecified atom stereocenters. The summed E-state index contributed by atoms with van der Waals surface area (Å²) in [5, 5.41) is 1.56. The van der Waals surface area contributed by atoms with E-state index < -0.39 is 11.8 Å². The molecule has 0 spiro atoms. The average molecular weight is 361 g/mol. The topological polar surface area (TPSA) is 71.3 Å². The van der Waals surface area contributed by atoms with Crippen molar-refractivity contribution in [3.63, 3.8) is 0 Å². The maximum Gasteiger partial charge on any atom is 0.273 e. The van der Waals surface area contributed by atoms with Crippen LogP contribution in [-0.2, 0) is 4.79 Å². The van der Waals surface area contributed by atoms with Crippen LogP contribution in [0.15, 0.2) is 47.1 Å². The van der Waals surface area contributed by atoms with Gasteiger partial charge in [0.25, 0.3) is 11.8 Å². The van der Waals surface area contributed by atoms with Gasteiger partial charge in [-0.25, -0.2) is 0 Å². The summed E-state index contributed by atoms with van der Waals surface area (Å²) in [7, 11) is 0. The van der Waals surface area contributed by atoms with Crippen LogP contribution in [0.4, 0.5) is 0 Å². The fraction of sp³-hybridized carbons (Fsp3) is 0.0588. The first-order valence-corrected chi connectivity index (χ1v) is 8.25. The molecule has 0 aliphatic carbocycles. The van der Waals surface area contributed by atoms with Crippen LogP contribution in [0.3, 0.4) is 0 Å². The number of fused-ring (bicyclic) bond motifs is 1. The SMILES string of the molecule is Cc1occc1C(=O)NNC(=O)/C=C/c1sc2ccccc2c1Cl. The van der Waals surface area contributed by atoms with Gasteiger partial charge in [-0.15, -0.1) is 11.3 Å². The molecule has 0 aliphatic rings. The molecule has 3 aromatic rings. The molecular formula is C17H13ClN2O3S. The Balaban J connectivity index is 1.64. The smallest absolute Gasteiger partial charge is 0.273 e. The second-order valence-electron chi connectivity index (χ2n) is 4.94. The summed E-state index contributed by atoms with van der Waals surface area (Å²) in [5.41, 5.74) is 5.01. The van der Waals surface area contributed by atoms with Gasteiger partial charge in [0.2, 0.25) is 0 Å². The van der Waals surface area contributed by atoms with Crippen molar-refractivity contribution in [3.05, 3.63) is 63.9 Å². The van der Waals surface area contributed by atoms with Crippen molar-refractivity contribution in [2.45, 2.75) is 6.92 Å². The Hall–Kier alpha value is -2.57. The Labute approximate surface area is 146 Å². The van der Waals surface area contributed by atoms with Crippen molar-refractivity contribution in [2.24, 2.45) is 0 Å². The summed E-state index contributed by atoms with van der Waals surface area (Å²) < 4.78 is 6.09. The van der Waals surface area contributed by atoms with Crippen LogP contribution >= 0.6 is 22.9 Å². The van der Waals surface area contributed by atoms with Crippen LogP contribution in [0.5, 0.6) is 0 Å². The highest BCUT2D eigenvalue weighted by Crippen LogP contribution is 2.35. The Kier molecular flexibility index (Phi) is 4.69. The minimum Gasteiger partial charge on any atom is -0.469 e. The maximum atomic E-state index is 11.8. The average Bonchev–Trinajstić information content (AvgIpc) is 3.15. The van der Waals surface area contributed by atoms with E-state index in [9.17, 15) is 9.59 Å². The molecular weight excluding hydrogens is 348 g/mol. The van der Waals surface area contributed by atoms with Crippen molar-refractivity contribution < 1.29 is 14.0 Å². The van der Waals surface area contributed by atoms with Gasteiger partial charge in [0.15, 0.2) is 0 Å². The van der Waals surface area contributed by atoms with Crippen LogP contribution in [0.2, 0.25) is 5.02 Å². The number of hydrazine groups is 1. The number of nitrogens with one attached hydrogen (secondary N) is 2. The lowest BCUT2D eigenvalue weighted by atomic mass is 10.2. The lowest BCUT2D eigenvalue weighted by molar-refractivity contribution is -0.117. The molecule has 0 bridgehead atoms. The van der Waals surface area contributed by atoms with Gasteiger partial charge in [0, 0.05) is 21.0 Å². The van der Waals surface area contributed by atoms with Crippen LogP contribution in [0.1, 0.15) is 21.0 Å². The number of hydrogen-bond acceptors (Lipinski definition) is 4. The summed E-state index contributed by atoms with van der Waals surface area (Å²) in [6.07, 6.45) is 4.35. The van der Waals surface area contributed by atoms with E-state index in [4.69, 9.17) is 16.0 Å². The summed E-state index contributed by atoms with van der Waals surface area (Å²) in [6, 6.07) is 9.27. The summed E-state index contributed by atoms with van der Waals surface area (Å²) in [4.78, 5) is 24.5. The fourth-order valence-corrected chi connectivity index (χ4v) is 3.54. The second kappa shape index (κ2) is 6.90. The molecule has 3 rings (SSSR count). The van der Waals surface area contributed by atoms with Gasteiger partial charge in [0.05, 0.1) is 16.8 Å². The zero-order valence-corrected chi connectivity index (χ0v) is 14.2. The molecule has 0 aliphatic heterocycles. The van der Waals surface area contributed by atoms with Gasteiger partial charge in [-0.2, -0.15) is 0 Å². The number of hydrogen-bond donors (Lipinski definition) is 2. The van der Waals surface area contributed by atoms with E-state index in [1.807, 2.05) is 24.3 Å². The van der Waals surface area contributed by atoms with E-state index in [1.165, 1.54) is 29.7 Å². The largest absolute Gasteiger partial charge is 0.469 e. The molecule has 0 saturated carbocycles. The Bertz CT molecular complexity index is 942. The molecule has 2 N–H and O–H groups in total. The van der Waals surface area contributed by atoms with E-state index >= 15 is 0 Å². The zero-order chi connectivity index (χ0) is 17.1. The monoisotopic (exact) mass is 360 g/mol. The third-order valence-corrected chi connectivity index (χ3v) is 5.00. The first-order valence-electron chi connectivity index (χ1n) is 7.06. The van der Waals surface area contributed by atoms with E-state index in [2.05, 4.69) is 10.9 Å². The number of aryl methyl sites for hydroxylation is 1. The van der Waals surface area contributed by atoms with Gasteiger partial charge in [0.1, 0.15) is 5.76 Å². The highest BCUT2D eigenvalue weighted by atomic mass is 35.5. The molecule has 0 atom stereocenters. The molecule has 0 fully saturated rings. The van der Waals surface area contributed by atoms with Gasteiger partial charge in [-0.3, -0.25) is 20.4 Å². The summed E-state index contributed by atoms with van der Waals surface area (Å²) in [5.74, 6) is -0.421. The van der Waals surface area contributed by atoms with Crippen LogP contribution in [0.25, 0.3) is 16.2 Å². The van der Waals surface area contributed by atoms with E-state index in [1.54, 1.807) is 13.0 Å². The number of thiophene rings is 1. The van der Waals surface area contributed by atoms with Crippen molar-refractivity contribution in [3.8, 4) is 0 Å². The molecule has 2 aromatic heterocycles. The Morgan fingerprint density at radius 3 is 2.71 bits per heavy atom. The van der Waals surface area contributed by atoms with Gasteiger partial charge < -0.3 is 4.42 Å². The molecule has 0 saturated heterocycles. The highest BCUT2D eigenvalue weighted by molar-refractivity contribution is 7.20. The molecule has 5 nitrogen and oxygen atoms in total.